The van der Waals surface area contributed by atoms with Crippen molar-refractivity contribution in [1.29, 1.82) is 5.26 Å². The molecule has 0 radical (unpaired) electrons. The van der Waals surface area contributed by atoms with Gasteiger partial charge in [-0.15, -0.1) is 0 Å². The molecule has 0 bridgehead atoms. The van der Waals surface area contributed by atoms with E-state index in [-0.39, 0.29) is 6.61 Å². The number of ether oxygens (including phenoxy) is 2. The molecule has 0 fully saturated rings. The molecule has 0 saturated heterocycles. The molecule has 4 nitrogen and oxygen atoms in total. The average Bonchev–Trinajstić information content (AvgIpc) is 2.52. The first-order valence-corrected chi connectivity index (χ1v) is 6.04. The van der Waals surface area contributed by atoms with Gasteiger partial charge in [0.15, 0.2) is 0 Å². The number of hydrogen-bond donors (Lipinski definition) is 0. The third-order valence-electron chi connectivity index (χ3n) is 2.81. The molecule has 0 atom stereocenters. The van der Waals surface area contributed by atoms with Crippen molar-refractivity contribution in [3.8, 4) is 11.8 Å². The highest BCUT2D eigenvalue weighted by atomic mass is 16.5. The normalized spacial score (nSPS) is 9.60. The van der Waals surface area contributed by atoms with Crippen LogP contribution >= 0.6 is 0 Å². The third-order valence-corrected chi connectivity index (χ3v) is 2.81. The van der Waals surface area contributed by atoms with Crippen molar-refractivity contribution in [1.82, 2.24) is 0 Å². The summed E-state index contributed by atoms with van der Waals surface area (Å²) in [5, 5.41) is 9.02. The van der Waals surface area contributed by atoms with E-state index in [0.717, 1.165) is 5.56 Å². The summed E-state index contributed by atoms with van der Waals surface area (Å²) in [6.07, 6.45) is 0. The van der Waals surface area contributed by atoms with Crippen LogP contribution in [0.15, 0.2) is 48.5 Å². The number of benzene rings is 2. The van der Waals surface area contributed by atoms with E-state index in [1.54, 1.807) is 36.4 Å². The van der Waals surface area contributed by atoms with Gasteiger partial charge in [0.1, 0.15) is 17.9 Å². The maximum absolute atomic E-state index is 11.6. The Hall–Kier alpha value is -2.80. The molecule has 2 aromatic carbocycles. The van der Waals surface area contributed by atoms with Crippen molar-refractivity contribution in [3.05, 3.63) is 65.2 Å². The van der Waals surface area contributed by atoms with Crippen LogP contribution in [0.1, 0.15) is 21.5 Å². The van der Waals surface area contributed by atoms with Gasteiger partial charge < -0.3 is 9.47 Å². The van der Waals surface area contributed by atoms with E-state index in [0.29, 0.717) is 16.9 Å². The molecule has 2 rings (SSSR count). The molecule has 0 aromatic heterocycles. The van der Waals surface area contributed by atoms with Crippen LogP contribution in [0.4, 0.5) is 0 Å². The first kappa shape index (κ1) is 13.6. The highest BCUT2D eigenvalue weighted by Crippen LogP contribution is 2.20. The van der Waals surface area contributed by atoms with Crippen molar-refractivity contribution in [2.24, 2.45) is 0 Å². The number of rotatable bonds is 4. The van der Waals surface area contributed by atoms with Gasteiger partial charge in [-0.3, -0.25) is 0 Å². The van der Waals surface area contributed by atoms with Crippen LogP contribution in [0.5, 0.6) is 5.75 Å². The summed E-state index contributed by atoms with van der Waals surface area (Å²) >= 11 is 0. The number of carbonyl (C=O) groups excluding carboxylic acids is 1. The predicted molar refractivity (Wildman–Crippen MR) is 73.3 cm³/mol. The van der Waals surface area contributed by atoms with Gasteiger partial charge in [-0.05, 0) is 18.2 Å². The number of esters is 1. The number of carbonyl (C=O) groups is 1. The Morgan fingerprint density at radius 1 is 1.15 bits per heavy atom. The standard InChI is InChI=1S/C16H13NO3/c1-19-16(18)14-8-4-5-9-15(14)20-11-13-7-3-2-6-12(13)10-17/h2-9H,11H2,1H3. The Morgan fingerprint density at radius 3 is 2.60 bits per heavy atom. The smallest absolute Gasteiger partial charge is 0.341 e. The van der Waals surface area contributed by atoms with Crippen LogP contribution in [0.25, 0.3) is 0 Å². The van der Waals surface area contributed by atoms with Gasteiger partial charge in [0.05, 0.1) is 18.7 Å². The molecule has 2 aromatic rings. The number of nitrogens with zero attached hydrogens (tertiary/aromatic N) is 1. The van der Waals surface area contributed by atoms with E-state index in [1.165, 1.54) is 7.11 Å². The molecule has 0 N–H and O–H groups in total. The molecular weight excluding hydrogens is 254 g/mol. The highest BCUT2D eigenvalue weighted by Gasteiger charge is 2.12. The molecule has 0 spiro atoms. The van der Waals surface area contributed by atoms with Crippen molar-refractivity contribution in [2.75, 3.05) is 7.11 Å². The molecule has 0 saturated carbocycles. The number of nitriles is 1. The molecular formula is C16H13NO3. The average molecular weight is 267 g/mol. The lowest BCUT2D eigenvalue weighted by atomic mass is 10.1. The second-order valence-corrected chi connectivity index (χ2v) is 4.05. The minimum Gasteiger partial charge on any atom is -0.488 e. The van der Waals surface area contributed by atoms with Gasteiger partial charge in [0, 0.05) is 5.56 Å². The van der Waals surface area contributed by atoms with E-state index < -0.39 is 5.97 Å². The molecule has 0 aliphatic heterocycles. The maximum Gasteiger partial charge on any atom is 0.341 e. The summed E-state index contributed by atoms with van der Waals surface area (Å²) in [4.78, 5) is 11.6. The van der Waals surface area contributed by atoms with E-state index >= 15 is 0 Å². The number of para-hydroxylation sites is 1. The minimum absolute atomic E-state index is 0.220. The zero-order chi connectivity index (χ0) is 14.4. The van der Waals surface area contributed by atoms with E-state index in [4.69, 9.17) is 14.7 Å². The van der Waals surface area contributed by atoms with Crippen LogP contribution < -0.4 is 4.74 Å². The second kappa shape index (κ2) is 6.39. The molecule has 0 aliphatic rings. The molecule has 4 heteroatoms. The topological polar surface area (TPSA) is 59.3 Å². The number of hydrogen-bond acceptors (Lipinski definition) is 4. The van der Waals surface area contributed by atoms with Gasteiger partial charge >= 0.3 is 5.97 Å². The van der Waals surface area contributed by atoms with Crippen molar-refractivity contribution in [3.63, 3.8) is 0 Å². The van der Waals surface area contributed by atoms with E-state index in [1.807, 2.05) is 12.1 Å². The number of methoxy groups -OCH3 is 1. The lowest BCUT2D eigenvalue weighted by molar-refractivity contribution is 0.0595. The fourth-order valence-electron chi connectivity index (χ4n) is 1.78. The zero-order valence-corrected chi connectivity index (χ0v) is 11.0. The Bertz CT molecular complexity index is 659. The maximum atomic E-state index is 11.6. The van der Waals surface area contributed by atoms with Gasteiger partial charge in [0.2, 0.25) is 0 Å². The lowest BCUT2D eigenvalue weighted by Crippen LogP contribution is -2.06. The Kier molecular flexibility index (Phi) is 4.35. The molecule has 0 heterocycles. The van der Waals surface area contributed by atoms with Gasteiger partial charge in [0.25, 0.3) is 0 Å². The SMILES string of the molecule is COC(=O)c1ccccc1OCc1ccccc1C#N. The molecule has 0 aliphatic carbocycles. The summed E-state index contributed by atoms with van der Waals surface area (Å²) in [6.45, 7) is 0.220. The monoisotopic (exact) mass is 267 g/mol. The summed E-state index contributed by atoms with van der Waals surface area (Å²) in [7, 11) is 1.32. The van der Waals surface area contributed by atoms with E-state index in [2.05, 4.69) is 6.07 Å². The predicted octanol–water partition coefficient (Wildman–Crippen LogP) is 2.92. The fraction of sp³-hybridized carbons (Fsp3) is 0.125. The van der Waals surface area contributed by atoms with Gasteiger partial charge in [-0.25, -0.2) is 4.79 Å². The Labute approximate surface area is 117 Å². The lowest BCUT2D eigenvalue weighted by Gasteiger charge is -2.10. The van der Waals surface area contributed by atoms with Crippen LogP contribution in [0.3, 0.4) is 0 Å². The highest BCUT2D eigenvalue weighted by molar-refractivity contribution is 5.92. The van der Waals surface area contributed by atoms with Crippen molar-refractivity contribution < 1.29 is 14.3 Å². The van der Waals surface area contributed by atoms with Gasteiger partial charge in [-0.1, -0.05) is 30.3 Å². The van der Waals surface area contributed by atoms with E-state index in [9.17, 15) is 4.79 Å². The Balaban J connectivity index is 2.20. The molecule has 20 heavy (non-hydrogen) atoms. The largest absolute Gasteiger partial charge is 0.488 e. The van der Waals surface area contributed by atoms with Crippen LogP contribution in [0, 0.1) is 11.3 Å². The van der Waals surface area contributed by atoms with Crippen molar-refractivity contribution >= 4 is 5.97 Å². The zero-order valence-electron chi connectivity index (χ0n) is 11.0. The summed E-state index contributed by atoms with van der Waals surface area (Å²) < 4.78 is 10.3. The molecule has 100 valence electrons. The summed E-state index contributed by atoms with van der Waals surface area (Å²) in [6, 6.07) is 16.1. The Morgan fingerprint density at radius 2 is 1.85 bits per heavy atom. The van der Waals surface area contributed by atoms with Crippen LogP contribution in [-0.2, 0) is 11.3 Å². The third kappa shape index (κ3) is 2.96. The first-order valence-electron chi connectivity index (χ1n) is 6.04. The minimum atomic E-state index is -0.450. The van der Waals surface area contributed by atoms with Crippen LogP contribution in [0.2, 0.25) is 0 Å². The van der Waals surface area contributed by atoms with Gasteiger partial charge in [-0.2, -0.15) is 5.26 Å². The second-order valence-electron chi connectivity index (χ2n) is 4.05. The van der Waals surface area contributed by atoms with Crippen molar-refractivity contribution in [2.45, 2.75) is 6.61 Å². The van der Waals surface area contributed by atoms with Crippen LogP contribution in [-0.4, -0.2) is 13.1 Å². The fourth-order valence-corrected chi connectivity index (χ4v) is 1.78. The summed E-state index contributed by atoms with van der Waals surface area (Å²) in [5.74, 6) is -0.0127. The quantitative estimate of drug-likeness (QED) is 0.799. The first-order chi connectivity index (χ1) is 9.76. The molecule has 0 amide bonds. The summed E-state index contributed by atoms with van der Waals surface area (Å²) in [5.41, 5.74) is 1.70. The molecule has 0 unspecified atom stereocenters.